The van der Waals surface area contributed by atoms with E-state index >= 15 is 0 Å². The van der Waals surface area contributed by atoms with E-state index in [0.29, 0.717) is 0 Å². The van der Waals surface area contributed by atoms with Crippen molar-refractivity contribution in [3.63, 3.8) is 0 Å². The van der Waals surface area contributed by atoms with E-state index in [4.69, 9.17) is 0 Å². The normalized spacial score (nSPS) is 11.6. The van der Waals surface area contributed by atoms with Crippen LogP contribution in [0.25, 0.3) is 32.3 Å². The second-order valence-corrected chi connectivity index (χ2v) is 16.0. The van der Waals surface area contributed by atoms with Crippen molar-refractivity contribution in [1.82, 2.24) is 0 Å². The van der Waals surface area contributed by atoms with Gasteiger partial charge in [-0.15, -0.1) is 47.0 Å². The molecule has 0 aliphatic carbocycles. The summed E-state index contributed by atoms with van der Waals surface area (Å²) in [4.78, 5) is 5.43. The van der Waals surface area contributed by atoms with Gasteiger partial charge in [0.25, 0.3) is 0 Å². The molecule has 8 aromatic rings. The molecule has 0 saturated heterocycles. The lowest BCUT2D eigenvalue weighted by atomic mass is 9.94. The highest BCUT2D eigenvalue weighted by Crippen LogP contribution is 2.48. The maximum atomic E-state index is 2.46. The topological polar surface area (TPSA) is 0 Å². The second-order valence-electron chi connectivity index (χ2n) is 11.9. The van der Waals surface area contributed by atoms with Crippen molar-refractivity contribution in [2.45, 2.75) is 42.6 Å². The molecule has 0 atom stereocenters. The summed E-state index contributed by atoms with van der Waals surface area (Å²) in [6.07, 6.45) is 0. The standard InChI is InChI=1S/C44H34S4/c1-5-13-31(14-6-1)27-45-39-25-40(46-28-32-15-7-2-8-16-32)36-23-24-38-42(48-30-34-19-11-4-12-20-34)26-41(47-29-33-17-9-3-10-18-33)37-22-21-35(39)43(36)44(37)38/h1-26H,27-30H2. The van der Waals surface area contributed by atoms with Gasteiger partial charge in [-0.3, -0.25) is 0 Å². The molecule has 0 saturated carbocycles. The van der Waals surface area contributed by atoms with Crippen molar-refractivity contribution in [3.05, 3.63) is 180 Å². The van der Waals surface area contributed by atoms with Crippen LogP contribution in [0.5, 0.6) is 0 Å². The molecular formula is C44H34S4. The summed E-state index contributed by atoms with van der Waals surface area (Å²) in [5.41, 5.74) is 5.41. The Morgan fingerprint density at radius 2 is 0.500 bits per heavy atom. The quantitative estimate of drug-likeness (QED) is 0.0924. The Morgan fingerprint density at radius 3 is 0.729 bits per heavy atom. The van der Waals surface area contributed by atoms with Crippen molar-refractivity contribution < 1.29 is 0 Å². The molecule has 0 heterocycles. The molecular weight excluding hydrogens is 657 g/mol. The Bertz CT molecular complexity index is 1950. The maximum Gasteiger partial charge on any atom is 0.0232 e. The Labute approximate surface area is 300 Å². The number of hydrogen-bond donors (Lipinski definition) is 0. The lowest BCUT2D eigenvalue weighted by Gasteiger charge is -2.20. The summed E-state index contributed by atoms with van der Waals surface area (Å²) in [7, 11) is 0. The van der Waals surface area contributed by atoms with Gasteiger partial charge in [-0.2, -0.15) is 0 Å². The molecule has 0 unspecified atom stereocenters. The van der Waals surface area contributed by atoms with Crippen LogP contribution in [0.15, 0.2) is 177 Å². The molecule has 0 N–H and O–H groups in total. The van der Waals surface area contributed by atoms with E-state index < -0.39 is 0 Å². The van der Waals surface area contributed by atoms with Gasteiger partial charge in [-0.1, -0.05) is 146 Å². The minimum absolute atomic E-state index is 0.948. The van der Waals surface area contributed by atoms with E-state index in [1.807, 2.05) is 47.0 Å². The van der Waals surface area contributed by atoms with Crippen LogP contribution in [0.3, 0.4) is 0 Å². The molecule has 0 bridgehead atoms. The molecule has 48 heavy (non-hydrogen) atoms. The molecule has 8 rings (SSSR count). The zero-order chi connectivity index (χ0) is 32.1. The van der Waals surface area contributed by atoms with Crippen LogP contribution >= 0.6 is 47.0 Å². The molecule has 4 heteroatoms. The van der Waals surface area contributed by atoms with Crippen molar-refractivity contribution in [3.8, 4) is 0 Å². The van der Waals surface area contributed by atoms with E-state index in [2.05, 4.69) is 158 Å². The summed E-state index contributed by atoms with van der Waals surface area (Å²) in [5.74, 6) is 3.79. The SMILES string of the molecule is c1ccc(CSc2cc(SCc3ccccc3)c3ccc4c(SCc5ccccc5)cc(SCc5ccccc5)c5ccc2c3c54)cc1. The highest BCUT2D eigenvalue weighted by Gasteiger charge is 2.20. The first kappa shape index (κ1) is 31.5. The van der Waals surface area contributed by atoms with Crippen molar-refractivity contribution >= 4 is 79.4 Å². The minimum atomic E-state index is 0.948. The summed E-state index contributed by atoms with van der Waals surface area (Å²) in [5, 5.41) is 8.24. The van der Waals surface area contributed by atoms with Gasteiger partial charge in [0, 0.05) is 42.6 Å². The third-order valence-corrected chi connectivity index (χ3v) is 13.2. The fourth-order valence-electron chi connectivity index (χ4n) is 6.28. The van der Waals surface area contributed by atoms with E-state index in [1.54, 1.807) is 0 Å². The summed E-state index contributed by atoms with van der Waals surface area (Å²) in [6, 6.07) is 57.9. The third kappa shape index (κ3) is 6.86. The molecule has 0 fully saturated rings. The van der Waals surface area contributed by atoms with Gasteiger partial charge in [0.2, 0.25) is 0 Å². The summed E-state index contributed by atoms with van der Waals surface area (Å²) < 4.78 is 0. The predicted molar refractivity (Wildman–Crippen MR) is 214 cm³/mol. The van der Waals surface area contributed by atoms with E-state index in [0.717, 1.165) is 23.0 Å². The molecule has 0 radical (unpaired) electrons. The molecule has 0 aliphatic heterocycles. The van der Waals surface area contributed by atoms with Crippen molar-refractivity contribution in [1.29, 1.82) is 0 Å². The Morgan fingerprint density at radius 1 is 0.271 bits per heavy atom. The Hall–Kier alpha value is -3.80. The van der Waals surface area contributed by atoms with Crippen LogP contribution in [0, 0.1) is 0 Å². The molecule has 0 aliphatic rings. The van der Waals surface area contributed by atoms with Gasteiger partial charge in [-0.05, 0) is 66.7 Å². The predicted octanol–water partition coefficient (Wildman–Crippen LogP) is 13.8. The molecule has 8 aromatic carbocycles. The van der Waals surface area contributed by atoms with Crippen LogP contribution in [-0.2, 0) is 23.0 Å². The van der Waals surface area contributed by atoms with Crippen LogP contribution in [0.1, 0.15) is 22.3 Å². The van der Waals surface area contributed by atoms with Gasteiger partial charge in [0.15, 0.2) is 0 Å². The van der Waals surface area contributed by atoms with E-state index in [-0.39, 0.29) is 0 Å². The zero-order valence-corrected chi connectivity index (χ0v) is 29.7. The Kier molecular flexibility index (Phi) is 9.67. The first-order chi connectivity index (χ1) is 23.8. The number of rotatable bonds is 12. The van der Waals surface area contributed by atoms with E-state index in [1.165, 1.54) is 74.2 Å². The van der Waals surface area contributed by atoms with Gasteiger partial charge in [0.05, 0.1) is 0 Å². The van der Waals surface area contributed by atoms with Crippen LogP contribution < -0.4 is 0 Å². The van der Waals surface area contributed by atoms with Gasteiger partial charge in [-0.25, -0.2) is 0 Å². The van der Waals surface area contributed by atoms with Crippen LogP contribution in [-0.4, -0.2) is 0 Å². The van der Waals surface area contributed by atoms with E-state index in [9.17, 15) is 0 Å². The average molecular weight is 691 g/mol. The number of benzene rings is 8. The van der Waals surface area contributed by atoms with Crippen LogP contribution in [0.2, 0.25) is 0 Å². The average Bonchev–Trinajstić information content (AvgIpc) is 3.16. The Balaban J connectivity index is 1.29. The second kappa shape index (κ2) is 14.8. The fourth-order valence-corrected chi connectivity index (χ4v) is 10.6. The highest BCUT2D eigenvalue weighted by molar-refractivity contribution is 8.00. The van der Waals surface area contributed by atoms with Crippen LogP contribution in [0.4, 0.5) is 0 Å². The zero-order valence-electron chi connectivity index (χ0n) is 26.5. The van der Waals surface area contributed by atoms with Crippen molar-refractivity contribution in [2.24, 2.45) is 0 Å². The van der Waals surface area contributed by atoms with Crippen molar-refractivity contribution in [2.75, 3.05) is 0 Å². The molecule has 0 nitrogen and oxygen atoms in total. The molecule has 234 valence electrons. The minimum Gasteiger partial charge on any atom is -0.121 e. The molecule has 0 amide bonds. The lowest BCUT2D eigenvalue weighted by Crippen LogP contribution is -1.93. The highest BCUT2D eigenvalue weighted by atomic mass is 32.2. The largest absolute Gasteiger partial charge is 0.121 e. The maximum absolute atomic E-state index is 2.46. The lowest BCUT2D eigenvalue weighted by molar-refractivity contribution is 1.35. The molecule has 0 spiro atoms. The van der Waals surface area contributed by atoms with Gasteiger partial charge >= 0.3 is 0 Å². The summed E-state index contributed by atoms with van der Waals surface area (Å²) in [6.45, 7) is 0. The fraction of sp³-hybridized carbons (Fsp3) is 0.0909. The van der Waals surface area contributed by atoms with Gasteiger partial charge < -0.3 is 0 Å². The smallest absolute Gasteiger partial charge is 0.0232 e. The first-order valence-corrected chi connectivity index (χ1v) is 20.2. The number of hydrogen-bond acceptors (Lipinski definition) is 4. The monoisotopic (exact) mass is 690 g/mol. The molecule has 0 aromatic heterocycles. The van der Waals surface area contributed by atoms with Gasteiger partial charge in [0.1, 0.15) is 0 Å². The first-order valence-electron chi connectivity index (χ1n) is 16.3. The number of thioether (sulfide) groups is 4. The third-order valence-electron chi connectivity index (χ3n) is 8.70. The summed E-state index contributed by atoms with van der Waals surface area (Å²) >= 11 is 7.85.